The van der Waals surface area contributed by atoms with E-state index in [0.717, 1.165) is 19.4 Å². The normalized spacial score (nSPS) is 22.1. The predicted octanol–water partition coefficient (Wildman–Crippen LogP) is 1.50. The SMILES string of the molecule is CC(C)(C)SCC(=O)N1CCCC1CO. The number of thioether (sulfide) groups is 1. The zero-order chi connectivity index (χ0) is 11.5. The van der Waals surface area contributed by atoms with Gasteiger partial charge >= 0.3 is 0 Å². The van der Waals surface area contributed by atoms with Crippen LogP contribution < -0.4 is 0 Å². The van der Waals surface area contributed by atoms with Crippen LogP contribution >= 0.6 is 11.8 Å². The topological polar surface area (TPSA) is 40.5 Å². The van der Waals surface area contributed by atoms with Crippen molar-refractivity contribution in [3.63, 3.8) is 0 Å². The Morgan fingerprint density at radius 3 is 2.73 bits per heavy atom. The fourth-order valence-electron chi connectivity index (χ4n) is 1.72. The number of amides is 1. The molecule has 1 N–H and O–H groups in total. The van der Waals surface area contributed by atoms with E-state index in [4.69, 9.17) is 5.11 Å². The molecule has 0 bridgehead atoms. The maximum absolute atomic E-state index is 11.9. The predicted molar refractivity (Wildman–Crippen MR) is 64.0 cm³/mol. The van der Waals surface area contributed by atoms with Gasteiger partial charge in [-0.05, 0) is 12.8 Å². The standard InChI is InChI=1S/C11H21NO2S/c1-11(2,3)15-8-10(14)12-6-4-5-9(12)7-13/h9,13H,4-8H2,1-3H3. The fraction of sp³-hybridized carbons (Fsp3) is 0.909. The fourth-order valence-corrected chi connectivity index (χ4v) is 2.44. The first-order valence-corrected chi connectivity index (χ1v) is 6.47. The van der Waals surface area contributed by atoms with Crippen LogP contribution in [0.3, 0.4) is 0 Å². The molecule has 15 heavy (non-hydrogen) atoms. The summed E-state index contributed by atoms with van der Waals surface area (Å²) in [6, 6.07) is 0.0677. The lowest BCUT2D eigenvalue weighted by Gasteiger charge is -2.25. The lowest BCUT2D eigenvalue weighted by atomic mass is 10.2. The first-order chi connectivity index (χ1) is 6.94. The molecule has 0 aliphatic carbocycles. The smallest absolute Gasteiger partial charge is 0.232 e. The van der Waals surface area contributed by atoms with Gasteiger partial charge < -0.3 is 10.0 Å². The Hall–Kier alpha value is -0.220. The Bertz CT molecular complexity index is 225. The number of carbonyl (C=O) groups excluding carboxylic acids is 1. The molecule has 1 heterocycles. The van der Waals surface area contributed by atoms with E-state index in [1.54, 1.807) is 11.8 Å². The summed E-state index contributed by atoms with van der Waals surface area (Å²) in [5, 5.41) is 9.11. The van der Waals surface area contributed by atoms with Crippen molar-refractivity contribution >= 4 is 17.7 Å². The summed E-state index contributed by atoms with van der Waals surface area (Å²) in [6.45, 7) is 7.25. The molecule has 4 heteroatoms. The highest BCUT2D eigenvalue weighted by Crippen LogP contribution is 2.25. The zero-order valence-corrected chi connectivity index (χ0v) is 10.6. The van der Waals surface area contributed by atoms with Crippen LogP contribution in [0.25, 0.3) is 0 Å². The van der Waals surface area contributed by atoms with Gasteiger partial charge in [-0.3, -0.25) is 4.79 Å². The second kappa shape index (κ2) is 5.21. The molecule has 1 saturated heterocycles. The van der Waals surface area contributed by atoms with Crippen LogP contribution in [0.2, 0.25) is 0 Å². The van der Waals surface area contributed by atoms with E-state index in [-0.39, 0.29) is 23.3 Å². The van der Waals surface area contributed by atoms with Gasteiger partial charge in [0, 0.05) is 11.3 Å². The molecule has 3 nitrogen and oxygen atoms in total. The minimum atomic E-state index is 0.0677. The molecule has 1 fully saturated rings. The molecule has 0 aromatic rings. The average Bonchev–Trinajstić information content (AvgIpc) is 2.60. The number of hydrogen-bond donors (Lipinski definition) is 1. The summed E-state index contributed by atoms with van der Waals surface area (Å²) in [4.78, 5) is 13.7. The van der Waals surface area contributed by atoms with Crippen LogP contribution in [0.1, 0.15) is 33.6 Å². The molecule has 0 spiro atoms. The van der Waals surface area contributed by atoms with Gasteiger partial charge in [0.05, 0.1) is 18.4 Å². The number of rotatable bonds is 3. The maximum atomic E-state index is 11.9. The van der Waals surface area contributed by atoms with Gasteiger partial charge in [0.15, 0.2) is 0 Å². The number of likely N-dealkylation sites (tertiary alicyclic amines) is 1. The first kappa shape index (κ1) is 12.8. The van der Waals surface area contributed by atoms with Crippen LogP contribution in [-0.4, -0.2) is 45.6 Å². The minimum absolute atomic E-state index is 0.0677. The van der Waals surface area contributed by atoms with Crippen LogP contribution in [-0.2, 0) is 4.79 Å². The summed E-state index contributed by atoms with van der Waals surface area (Å²) < 4.78 is 0.129. The molecule has 1 atom stereocenters. The van der Waals surface area contributed by atoms with Crippen molar-refractivity contribution in [2.75, 3.05) is 18.9 Å². The molecule has 88 valence electrons. The Morgan fingerprint density at radius 1 is 1.53 bits per heavy atom. The molecular formula is C11H21NO2S. The van der Waals surface area contributed by atoms with Gasteiger partial charge in [0.25, 0.3) is 0 Å². The molecule has 1 aliphatic rings. The van der Waals surface area contributed by atoms with Crippen molar-refractivity contribution < 1.29 is 9.90 Å². The van der Waals surface area contributed by atoms with E-state index in [9.17, 15) is 4.79 Å². The second-order valence-electron chi connectivity index (χ2n) is 4.97. The van der Waals surface area contributed by atoms with Gasteiger partial charge in [-0.1, -0.05) is 20.8 Å². The quantitative estimate of drug-likeness (QED) is 0.800. The summed E-state index contributed by atoms with van der Waals surface area (Å²) >= 11 is 1.67. The highest BCUT2D eigenvalue weighted by molar-refractivity contribution is 8.01. The molecule has 0 radical (unpaired) electrons. The van der Waals surface area contributed by atoms with E-state index < -0.39 is 0 Å². The lowest BCUT2D eigenvalue weighted by molar-refractivity contribution is -0.129. The third kappa shape index (κ3) is 4.03. The van der Waals surface area contributed by atoms with Crippen molar-refractivity contribution in [3.8, 4) is 0 Å². The summed E-state index contributed by atoms with van der Waals surface area (Å²) in [7, 11) is 0. The zero-order valence-electron chi connectivity index (χ0n) is 9.82. The number of hydrogen-bond acceptors (Lipinski definition) is 3. The third-order valence-electron chi connectivity index (χ3n) is 2.54. The molecule has 0 aromatic heterocycles. The van der Waals surface area contributed by atoms with Crippen molar-refractivity contribution in [2.45, 2.75) is 44.4 Å². The average molecular weight is 231 g/mol. The van der Waals surface area contributed by atoms with Gasteiger partial charge in [-0.25, -0.2) is 0 Å². The van der Waals surface area contributed by atoms with Crippen LogP contribution in [0.15, 0.2) is 0 Å². The Labute approximate surface area is 96.2 Å². The Balaban J connectivity index is 2.40. The van der Waals surface area contributed by atoms with Gasteiger partial charge in [-0.2, -0.15) is 0 Å². The number of aliphatic hydroxyl groups is 1. The number of nitrogens with zero attached hydrogens (tertiary/aromatic N) is 1. The molecule has 1 rings (SSSR count). The highest BCUT2D eigenvalue weighted by atomic mass is 32.2. The lowest BCUT2D eigenvalue weighted by Crippen LogP contribution is -2.39. The molecule has 0 saturated carbocycles. The van der Waals surface area contributed by atoms with E-state index >= 15 is 0 Å². The number of aliphatic hydroxyl groups excluding tert-OH is 1. The van der Waals surface area contributed by atoms with Crippen molar-refractivity contribution in [2.24, 2.45) is 0 Å². The number of carbonyl (C=O) groups is 1. The van der Waals surface area contributed by atoms with E-state index in [1.165, 1.54) is 0 Å². The second-order valence-corrected chi connectivity index (χ2v) is 6.77. The third-order valence-corrected chi connectivity index (χ3v) is 3.79. The summed E-state index contributed by atoms with van der Waals surface area (Å²) in [5.41, 5.74) is 0. The van der Waals surface area contributed by atoms with Crippen LogP contribution in [0, 0.1) is 0 Å². The highest BCUT2D eigenvalue weighted by Gasteiger charge is 2.28. The molecule has 1 aliphatic heterocycles. The van der Waals surface area contributed by atoms with Crippen molar-refractivity contribution in [1.29, 1.82) is 0 Å². The minimum Gasteiger partial charge on any atom is -0.394 e. The largest absolute Gasteiger partial charge is 0.394 e. The van der Waals surface area contributed by atoms with Gasteiger partial charge in [0.1, 0.15) is 0 Å². The van der Waals surface area contributed by atoms with E-state index in [0.29, 0.717) is 5.75 Å². The molecule has 1 unspecified atom stereocenters. The van der Waals surface area contributed by atoms with Gasteiger partial charge in [0.2, 0.25) is 5.91 Å². The Kier molecular flexibility index (Phi) is 4.46. The molecular weight excluding hydrogens is 210 g/mol. The van der Waals surface area contributed by atoms with Crippen LogP contribution in [0.5, 0.6) is 0 Å². The van der Waals surface area contributed by atoms with Crippen LogP contribution in [0.4, 0.5) is 0 Å². The van der Waals surface area contributed by atoms with Gasteiger partial charge in [-0.15, -0.1) is 11.8 Å². The Morgan fingerprint density at radius 2 is 2.20 bits per heavy atom. The van der Waals surface area contributed by atoms with Crippen molar-refractivity contribution in [3.05, 3.63) is 0 Å². The van der Waals surface area contributed by atoms with E-state index in [1.807, 2.05) is 4.90 Å². The summed E-state index contributed by atoms with van der Waals surface area (Å²) in [5.74, 6) is 0.700. The first-order valence-electron chi connectivity index (χ1n) is 5.48. The molecule has 1 amide bonds. The maximum Gasteiger partial charge on any atom is 0.232 e. The van der Waals surface area contributed by atoms with Crippen molar-refractivity contribution in [1.82, 2.24) is 4.90 Å². The summed E-state index contributed by atoms with van der Waals surface area (Å²) in [6.07, 6.45) is 1.97. The van der Waals surface area contributed by atoms with E-state index in [2.05, 4.69) is 20.8 Å². The molecule has 0 aromatic carbocycles. The monoisotopic (exact) mass is 231 g/mol.